The van der Waals surface area contributed by atoms with Crippen molar-refractivity contribution in [3.05, 3.63) is 90.3 Å². The van der Waals surface area contributed by atoms with Gasteiger partial charge in [-0.3, -0.25) is 4.98 Å². The van der Waals surface area contributed by atoms with Gasteiger partial charge in [-0.1, -0.05) is 36.4 Å². The van der Waals surface area contributed by atoms with E-state index in [1.54, 1.807) is 34.4 Å². The van der Waals surface area contributed by atoms with E-state index in [0.29, 0.717) is 29.5 Å². The van der Waals surface area contributed by atoms with Crippen LogP contribution in [-0.4, -0.2) is 31.7 Å². The number of anilines is 2. The van der Waals surface area contributed by atoms with Crippen LogP contribution < -0.4 is 4.90 Å². The van der Waals surface area contributed by atoms with Crippen LogP contribution in [-0.2, 0) is 24.3 Å². The molecule has 0 radical (unpaired) electrons. The zero-order chi connectivity index (χ0) is 21.4. The van der Waals surface area contributed by atoms with Gasteiger partial charge in [-0.2, -0.15) is 0 Å². The number of rotatable bonds is 4. The number of pyridine rings is 2. The lowest BCUT2D eigenvalue weighted by molar-refractivity contribution is 0.197. The summed E-state index contributed by atoms with van der Waals surface area (Å²) in [5.74, 6) is 0.606. The van der Waals surface area contributed by atoms with Crippen LogP contribution in [0.5, 0.6) is 0 Å². The van der Waals surface area contributed by atoms with Gasteiger partial charge >= 0.3 is 6.03 Å². The minimum absolute atomic E-state index is 0.180. The maximum atomic E-state index is 13.5. The van der Waals surface area contributed by atoms with Crippen molar-refractivity contribution in [3.63, 3.8) is 0 Å². The number of aromatic nitrogens is 2. The fraction of sp³-hybridized carbons (Fsp3) is 0.125. The standard InChI is InChI=1S/C24H20N4O2S/c1-31(30)21-9-4-8-20(14-21)28-23-18(7-5-13-25-23)15-27(24(28)29)16-19-12-11-17-6-2-3-10-22(17)26-19/h2-14H,15-16H2,1H3. The summed E-state index contributed by atoms with van der Waals surface area (Å²) < 4.78 is 12.0. The van der Waals surface area contributed by atoms with Gasteiger partial charge in [0.2, 0.25) is 0 Å². The molecule has 0 N–H and O–H groups in total. The Bertz CT molecular complexity index is 1280. The van der Waals surface area contributed by atoms with Crippen molar-refractivity contribution >= 4 is 39.6 Å². The maximum Gasteiger partial charge on any atom is 0.330 e. The number of fused-ring (bicyclic) bond motifs is 2. The first-order valence-corrected chi connectivity index (χ1v) is 11.5. The Balaban J connectivity index is 1.53. The van der Waals surface area contributed by atoms with E-state index >= 15 is 0 Å². The van der Waals surface area contributed by atoms with Gasteiger partial charge in [0.05, 0.1) is 30.0 Å². The number of amides is 2. The van der Waals surface area contributed by atoms with Crippen molar-refractivity contribution in [2.45, 2.75) is 18.0 Å². The predicted octanol–water partition coefficient (Wildman–Crippen LogP) is 4.64. The summed E-state index contributed by atoms with van der Waals surface area (Å²) in [4.78, 5) is 26.8. The second-order valence-corrected chi connectivity index (χ2v) is 8.79. The Labute approximate surface area is 183 Å². The number of urea groups is 1. The lowest BCUT2D eigenvalue weighted by Crippen LogP contribution is -2.44. The number of hydrogen-bond acceptors (Lipinski definition) is 4. The lowest BCUT2D eigenvalue weighted by Gasteiger charge is -2.36. The van der Waals surface area contributed by atoms with Crippen LogP contribution in [0.4, 0.5) is 16.3 Å². The number of hydrogen-bond donors (Lipinski definition) is 0. The molecule has 6 nitrogen and oxygen atoms in total. The Kier molecular flexibility index (Phi) is 5.05. The first-order valence-electron chi connectivity index (χ1n) is 9.91. The van der Waals surface area contributed by atoms with Crippen molar-refractivity contribution in [2.24, 2.45) is 0 Å². The summed E-state index contributed by atoms with van der Waals surface area (Å²) in [5, 5.41) is 1.07. The lowest BCUT2D eigenvalue weighted by atomic mass is 10.1. The smallest absolute Gasteiger partial charge is 0.330 e. The van der Waals surface area contributed by atoms with E-state index in [-0.39, 0.29) is 6.03 Å². The van der Waals surface area contributed by atoms with Crippen LogP contribution in [0.1, 0.15) is 11.3 Å². The normalized spacial score (nSPS) is 14.6. The third-order valence-corrected chi connectivity index (χ3v) is 6.24. The van der Waals surface area contributed by atoms with Crippen LogP contribution in [0.2, 0.25) is 0 Å². The molecule has 2 aromatic heterocycles. The van der Waals surface area contributed by atoms with Gasteiger partial charge in [-0.15, -0.1) is 0 Å². The van der Waals surface area contributed by atoms with Gasteiger partial charge in [0.1, 0.15) is 12.1 Å². The molecular formula is C24H20N4O2S. The molecule has 0 fully saturated rings. The highest BCUT2D eigenvalue weighted by Gasteiger charge is 2.33. The minimum Gasteiger partial charge on any atom is -0.612 e. The van der Waals surface area contributed by atoms with Crippen LogP contribution in [0.25, 0.3) is 10.9 Å². The summed E-state index contributed by atoms with van der Waals surface area (Å²) in [5.41, 5.74) is 3.32. The molecule has 7 heteroatoms. The molecule has 1 aliphatic heterocycles. The third kappa shape index (κ3) is 3.73. The summed E-state index contributed by atoms with van der Waals surface area (Å²) in [6, 6.07) is 22.8. The molecule has 1 aliphatic rings. The monoisotopic (exact) mass is 428 g/mol. The van der Waals surface area contributed by atoms with Crippen molar-refractivity contribution < 1.29 is 9.35 Å². The highest BCUT2D eigenvalue weighted by Crippen LogP contribution is 2.34. The largest absolute Gasteiger partial charge is 0.612 e. The SMILES string of the molecule is C[S+]([O-])c1cccc(N2C(=O)N(Cc3ccc4ccccc4n3)Cc3cccnc32)c1. The summed E-state index contributed by atoms with van der Waals surface area (Å²) in [6.45, 7) is 0.834. The Morgan fingerprint density at radius 3 is 2.77 bits per heavy atom. The minimum atomic E-state index is -1.15. The number of nitrogens with zero attached hydrogens (tertiary/aromatic N) is 4. The average molecular weight is 429 g/mol. The Morgan fingerprint density at radius 2 is 1.90 bits per heavy atom. The third-order valence-electron chi connectivity index (χ3n) is 5.32. The molecule has 1 atom stereocenters. The van der Waals surface area contributed by atoms with E-state index in [1.807, 2.05) is 60.7 Å². The van der Waals surface area contributed by atoms with E-state index < -0.39 is 11.2 Å². The van der Waals surface area contributed by atoms with Gasteiger partial charge < -0.3 is 9.45 Å². The van der Waals surface area contributed by atoms with Crippen LogP contribution in [0.15, 0.2) is 83.9 Å². The van der Waals surface area contributed by atoms with E-state index in [9.17, 15) is 9.35 Å². The molecule has 4 aromatic rings. The van der Waals surface area contributed by atoms with Gasteiger partial charge in [-0.25, -0.2) is 14.7 Å². The zero-order valence-electron chi connectivity index (χ0n) is 16.9. The number of carbonyl (C=O) groups is 1. The quantitative estimate of drug-likeness (QED) is 0.444. The van der Waals surface area contributed by atoms with Crippen LogP contribution in [0, 0.1) is 0 Å². The first-order chi connectivity index (χ1) is 15.1. The fourth-order valence-corrected chi connectivity index (χ4v) is 4.37. The molecular weight excluding hydrogens is 408 g/mol. The fourth-order valence-electron chi connectivity index (χ4n) is 3.81. The molecule has 0 spiro atoms. The molecule has 0 bridgehead atoms. The summed E-state index contributed by atoms with van der Waals surface area (Å²) in [6.07, 6.45) is 3.31. The van der Waals surface area contributed by atoms with Crippen LogP contribution >= 0.6 is 0 Å². The van der Waals surface area contributed by atoms with E-state index in [1.165, 1.54) is 0 Å². The number of benzene rings is 2. The molecule has 0 saturated carbocycles. The average Bonchev–Trinajstić information content (AvgIpc) is 2.79. The highest BCUT2D eigenvalue weighted by molar-refractivity contribution is 7.90. The van der Waals surface area contributed by atoms with E-state index in [4.69, 9.17) is 4.98 Å². The number of carbonyl (C=O) groups excluding carboxylic acids is 1. The Morgan fingerprint density at radius 1 is 1.03 bits per heavy atom. The van der Waals surface area contributed by atoms with Gasteiger partial charge in [0.15, 0.2) is 4.90 Å². The second-order valence-electron chi connectivity index (χ2n) is 7.41. The highest BCUT2D eigenvalue weighted by atomic mass is 32.2. The summed E-state index contributed by atoms with van der Waals surface area (Å²) >= 11 is -1.15. The van der Waals surface area contributed by atoms with Crippen molar-refractivity contribution in [1.82, 2.24) is 14.9 Å². The molecule has 0 saturated heterocycles. The van der Waals surface area contributed by atoms with E-state index in [0.717, 1.165) is 22.2 Å². The van der Waals surface area contributed by atoms with Gasteiger partial charge in [0, 0.05) is 23.2 Å². The summed E-state index contributed by atoms with van der Waals surface area (Å²) in [7, 11) is 0. The molecule has 154 valence electrons. The van der Waals surface area contributed by atoms with Crippen molar-refractivity contribution in [2.75, 3.05) is 11.2 Å². The molecule has 1 unspecified atom stereocenters. The number of para-hydroxylation sites is 1. The van der Waals surface area contributed by atoms with Gasteiger partial charge in [-0.05, 0) is 41.5 Å². The predicted molar refractivity (Wildman–Crippen MR) is 122 cm³/mol. The molecule has 2 amide bonds. The topological polar surface area (TPSA) is 72.4 Å². The molecule has 5 rings (SSSR count). The molecule has 2 aromatic carbocycles. The molecule has 31 heavy (non-hydrogen) atoms. The molecule has 0 aliphatic carbocycles. The van der Waals surface area contributed by atoms with E-state index in [2.05, 4.69) is 4.98 Å². The first kappa shape index (κ1) is 19.5. The second kappa shape index (κ2) is 8.02. The Hall–Kier alpha value is -3.42. The maximum absolute atomic E-state index is 13.5. The van der Waals surface area contributed by atoms with Crippen LogP contribution in [0.3, 0.4) is 0 Å². The zero-order valence-corrected chi connectivity index (χ0v) is 17.7. The van der Waals surface area contributed by atoms with Crippen molar-refractivity contribution in [3.8, 4) is 0 Å². The van der Waals surface area contributed by atoms with Gasteiger partial charge in [0.25, 0.3) is 0 Å². The molecule has 3 heterocycles. The van der Waals surface area contributed by atoms with Crippen molar-refractivity contribution in [1.29, 1.82) is 0 Å².